The lowest BCUT2D eigenvalue weighted by Crippen LogP contribution is -2.41. The van der Waals surface area contributed by atoms with Gasteiger partial charge in [0.15, 0.2) is 5.82 Å². The highest BCUT2D eigenvalue weighted by Crippen LogP contribution is 2.22. The van der Waals surface area contributed by atoms with Gasteiger partial charge in [-0.3, -0.25) is 14.7 Å². The van der Waals surface area contributed by atoms with Crippen LogP contribution in [0.15, 0.2) is 79.5 Å². The van der Waals surface area contributed by atoms with Gasteiger partial charge in [0, 0.05) is 55.8 Å². The van der Waals surface area contributed by atoms with Crippen LogP contribution in [0.3, 0.4) is 0 Å². The Morgan fingerprint density at radius 1 is 1.07 bits per heavy atom. The van der Waals surface area contributed by atoms with Crippen LogP contribution in [0.5, 0.6) is 0 Å². The number of carbonyl (C=O) groups is 1. The van der Waals surface area contributed by atoms with Gasteiger partial charge >= 0.3 is 6.03 Å². The molecule has 1 atom stereocenters. The van der Waals surface area contributed by atoms with Gasteiger partial charge in [-0.1, -0.05) is 43.7 Å². The minimum absolute atomic E-state index is 0.0538. The molecule has 1 unspecified atom stereocenters. The van der Waals surface area contributed by atoms with Crippen molar-refractivity contribution in [1.29, 1.82) is 5.26 Å². The molecule has 4 aromatic heterocycles. The Labute approximate surface area is 261 Å². The maximum atomic E-state index is 13.5. The first-order valence-corrected chi connectivity index (χ1v) is 14.9. The van der Waals surface area contributed by atoms with Crippen molar-refractivity contribution in [3.05, 3.63) is 90.6 Å². The molecule has 4 heterocycles. The van der Waals surface area contributed by atoms with Crippen molar-refractivity contribution in [2.24, 2.45) is 7.05 Å². The molecule has 45 heavy (non-hydrogen) atoms. The number of H-pyrrole nitrogens is 1. The Bertz CT molecular complexity index is 1690. The molecule has 0 saturated carbocycles. The molecule has 1 aromatic carbocycles. The second-order valence-electron chi connectivity index (χ2n) is 10.5. The highest BCUT2D eigenvalue weighted by Gasteiger charge is 2.19. The Hall–Kier alpha value is -5.77. The van der Waals surface area contributed by atoms with Gasteiger partial charge in [0.05, 0.1) is 18.6 Å². The van der Waals surface area contributed by atoms with Gasteiger partial charge in [-0.25, -0.2) is 14.8 Å². The molecule has 0 aliphatic heterocycles. The van der Waals surface area contributed by atoms with Gasteiger partial charge in [-0.05, 0) is 37.0 Å². The lowest BCUT2D eigenvalue weighted by molar-refractivity contribution is 0.245. The van der Waals surface area contributed by atoms with Crippen molar-refractivity contribution in [3.63, 3.8) is 0 Å². The predicted octanol–water partition coefficient (Wildman–Crippen LogP) is 5.39. The van der Waals surface area contributed by atoms with Crippen molar-refractivity contribution >= 4 is 29.4 Å². The van der Waals surface area contributed by atoms with Crippen molar-refractivity contribution in [1.82, 2.24) is 40.2 Å². The molecule has 0 spiro atoms. The first-order chi connectivity index (χ1) is 22.0. The first-order valence-electron chi connectivity index (χ1n) is 14.9. The smallest absolute Gasteiger partial charge is 0.323 e. The van der Waals surface area contributed by atoms with Gasteiger partial charge in [0.25, 0.3) is 0 Å². The molecule has 0 aliphatic rings. The molecule has 5 aromatic rings. The number of aromatic amines is 1. The Morgan fingerprint density at radius 3 is 2.62 bits per heavy atom. The maximum absolute atomic E-state index is 13.5. The third-order valence-electron chi connectivity index (χ3n) is 7.16. The van der Waals surface area contributed by atoms with Crippen LogP contribution < -0.4 is 20.9 Å². The van der Waals surface area contributed by atoms with Gasteiger partial charge < -0.3 is 16.0 Å². The van der Waals surface area contributed by atoms with Crippen LogP contribution in [0, 0.1) is 11.3 Å². The van der Waals surface area contributed by atoms with Crippen molar-refractivity contribution in [2.45, 2.75) is 45.2 Å². The van der Waals surface area contributed by atoms with Crippen LogP contribution in [-0.2, 0) is 13.6 Å². The summed E-state index contributed by atoms with van der Waals surface area (Å²) in [6, 6.07) is 17.3. The van der Waals surface area contributed by atoms with Crippen LogP contribution in [0.2, 0.25) is 0 Å². The van der Waals surface area contributed by atoms with E-state index in [2.05, 4.69) is 59.2 Å². The summed E-state index contributed by atoms with van der Waals surface area (Å²) in [6.07, 6.45) is 11.9. The number of hydrogen-bond acceptors (Lipinski definition) is 9. The fourth-order valence-corrected chi connectivity index (χ4v) is 4.87. The van der Waals surface area contributed by atoms with Gasteiger partial charge in [-0.15, -0.1) is 0 Å². The number of nitrogens with zero attached hydrogens (tertiary/aromatic N) is 8. The van der Waals surface area contributed by atoms with Crippen molar-refractivity contribution in [3.8, 4) is 17.2 Å². The highest BCUT2D eigenvalue weighted by atomic mass is 16.2. The van der Waals surface area contributed by atoms with E-state index >= 15 is 0 Å². The number of hydrogen-bond donors (Lipinski definition) is 4. The minimum atomic E-state index is -0.217. The zero-order chi connectivity index (χ0) is 31.4. The van der Waals surface area contributed by atoms with Crippen LogP contribution >= 0.6 is 0 Å². The number of aryl methyl sites for hydroxylation is 1. The maximum Gasteiger partial charge on any atom is 0.323 e. The Balaban J connectivity index is 1.27. The zero-order valence-corrected chi connectivity index (χ0v) is 25.3. The fourth-order valence-electron chi connectivity index (χ4n) is 4.87. The van der Waals surface area contributed by atoms with E-state index in [1.807, 2.05) is 55.7 Å². The highest BCUT2D eigenvalue weighted by molar-refractivity contribution is 5.91. The monoisotopic (exact) mass is 604 g/mol. The molecule has 230 valence electrons. The van der Waals surface area contributed by atoms with Crippen molar-refractivity contribution < 1.29 is 4.79 Å². The largest absolute Gasteiger partial charge is 0.351 e. The van der Waals surface area contributed by atoms with E-state index in [-0.39, 0.29) is 12.1 Å². The summed E-state index contributed by atoms with van der Waals surface area (Å²) in [5.74, 6) is 1.99. The standard InChI is InChI=1S/C32H36N12O/c1-3-8-27(39-31-35-20-25(17-33)30(41-31)40-28-14-15-37-42-28)11-7-16-44(32(45)36-18-23-9-5-4-6-10-23)29-13-12-24(19-34-29)26-21-38-43(2)22-26/h4-6,9-10,12-15,19-22,27H,3,7-8,11,16,18H2,1-2H3,(H,36,45)(H3,35,37,39,40,41,42). The van der Waals surface area contributed by atoms with Crippen LogP contribution in [0.25, 0.3) is 11.1 Å². The van der Waals surface area contributed by atoms with E-state index in [0.29, 0.717) is 48.5 Å². The summed E-state index contributed by atoms with van der Waals surface area (Å²) in [5, 5.41) is 30.1. The van der Waals surface area contributed by atoms with Gasteiger partial charge in [-0.2, -0.15) is 20.4 Å². The molecule has 13 heteroatoms. The van der Waals surface area contributed by atoms with E-state index in [1.165, 1.54) is 6.20 Å². The second-order valence-corrected chi connectivity index (χ2v) is 10.5. The average molecular weight is 605 g/mol. The van der Waals surface area contributed by atoms with Gasteiger partial charge in [0.1, 0.15) is 23.3 Å². The number of benzene rings is 1. The lowest BCUT2D eigenvalue weighted by Gasteiger charge is -2.24. The van der Waals surface area contributed by atoms with E-state index < -0.39 is 0 Å². The third-order valence-corrected chi connectivity index (χ3v) is 7.16. The van der Waals surface area contributed by atoms with Crippen LogP contribution in [0.4, 0.5) is 28.2 Å². The van der Waals surface area contributed by atoms with Crippen LogP contribution in [0.1, 0.15) is 43.7 Å². The summed E-state index contributed by atoms with van der Waals surface area (Å²) in [5.41, 5.74) is 3.22. The number of anilines is 4. The lowest BCUT2D eigenvalue weighted by atomic mass is 10.1. The summed E-state index contributed by atoms with van der Waals surface area (Å²) in [7, 11) is 1.87. The Kier molecular flexibility index (Phi) is 10.3. The topological polar surface area (TPSA) is 165 Å². The molecule has 2 amide bonds. The van der Waals surface area contributed by atoms with E-state index in [4.69, 9.17) is 0 Å². The molecule has 0 bridgehead atoms. The zero-order valence-electron chi connectivity index (χ0n) is 25.3. The van der Waals surface area contributed by atoms with Crippen LogP contribution in [-0.4, -0.2) is 53.5 Å². The minimum Gasteiger partial charge on any atom is -0.351 e. The molecule has 5 rings (SSSR count). The number of urea groups is 1. The molecule has 0 saturated heterocycles. The first kappa shape index (κ1) is 30.7. The van der Waals surface area contributed by atoms with Gasteiger partial charge in [0.2, 0.25) is 5.95 Å². The number of rotatable bonds is 14. The third kappa shape index (κ3) is 8.41. The second kappa shape index (κ2) is 15.1. The number of nitriles is 1. The summed E-state index contributed by atoms with van der Waals surface area (Å²) >= 11 is 0. The number of amides is 2. The van der Waals surface area contributed by atoms with E-state index in [9.17, 15) is 10.1 Å². The molecule has 0 radical (unpaired) electrons. The molecule has 4 N–H and O–H groups in total. The van der Waals surface area contributed by atoms with Crippen molar-refractivity contribution in [2.75, 3.05) is 22.1 Å². The van der Waals surface area contributed by atoms with E-state index in [1.54, 1.807) is 34.2 Å². The molecular weight excluding hydrogens is 568 g/mol. The quantitative estimate of drug-likeness (QED) is 0.130. The predicted molar refractivity (Wildman–Crippen MR) is 173 cm³/mol. The summed E-state index contributed by atoms with van der Waals surface area (Å²) in [4.78, 5) is 28.7. The number of nitrogens with one attached hydrogen (secondary N) is 4. The normalized spacial score (nSPS) is 11.4. The molecule has 0 fully saturated rings. The summed E-state index contributed by atoms with van der Waals surface area (Å²) in [6.45, 7) is 2.99. The molecule has 13 nitrogen and oxygen atoms in total. The number of pyridine rings is 1. The average Bonchev–Trinajstić information content (AvgIpc) is 3.75. The SMILES string of the molecule is CCCC(CCCN(C(=O)NCc1ccccc1)c1ccc(-c2cnn(C)c2)cn1)Nc1ncc(C#N)c(Nc2ccn[nH]2)n1. The Morgan fingerprint density at radius 2 is 1.93 bits per heavy atom. The fraction of sp³-hybridized carbons (Fsp3) is 0.281. The molecule has 0 aliphatic carbocycles. The number of carbonyl (C=O) groups excluding carboxylic acids is 1. The summed E-state index contributed by atoms with van der Waals surface area (Å²) < 4.78 is 1.74. The number of aromatic nitrogens is 7. The molecular formula is C32H36N12O. The van der Waals surface area contributed by atoms with E-state index in [0.717, 1.165) is 36.0 Å².